The Hall–Kier alpha value is -1.28. The fourth-order valence-electron chi connectivity index (χ4n) is 1.08. The first-order valence-corrected chi connectivity index (χ1v) is 4.72. The van der Waals surface area contributed by atoms with E-state index in [-0.39, 0.29) is 5.78 Å². The van der Waals surface area contributed by atoms with Crippen LogP contribution in [0.2, 0.25) is 5.02 Å². The monoisotopic (exact) mass is 209 g/mol. The van der Waals surface area contributed by atoms with Crippen molar-refractivity contribution in [2.24, 2.45) is 0 Å². The summed E-state index contributed by atoms with van der Waals surface area (Å²) in [6, 6.07) is 4.93. The zero-order valence-electron chi connectivity index (χ0n) is 7.79. The topological polar surface area (TPSA) is 43.1 Å². The van der Waals surface area contributed by atoms with E-state index < -0.39 is 0 Å². The third-order valence-corrected chi connectivity index (χ3v) is 2.23. The van der Waals surface area contributed by atoms with Gasteiger partial charge in [-0.2, -0.15) is 0 Å². The van der Waals surface area contributed by atoms with Gasteiger partial charge >= 0.3 is 0 Å². The van der Waals surface area contributed by atoms with E-state index in [0.29, 0.717) is 29.1 Å². The van der Waals surface area contributed by atoms with Gasteiger partial charge in [-0.3, -0.25) is 4.79 Å². The van der Waals surface area contributed by atoms with Crippen molar-refractivity contribution in [3.63, 3.8) is 0 Å². The molecular weight excluding hydrogens is 198 g/mol. The summed E-state index contributed by atoms with van der Waals surface area (Å²) in [6.07, 6.45) is 2.86. The first-order valence-electron chi connectivity index (χ1n) is 4.34. The SMILES string of the molecule is C=CCCC(=O)c1ccc(N)c(Cl)c1. The van der Waals surface area contributed by atoms with Crippen molar-refractivity contribution < 1.29 is 4.79 Å². The lowest BCUT2D eigenvalue weighted by Crippen LogP contribution is -1.99. The summed E-state index contributed by atoms with van der Waals surface area (Å²) in [6.45, 7) is 3.56. The van der Waals surface area contributed by atoms with Crippen molar-refractivity contribution in [2.75, 3.05) is 5.73 Å². The van der Waals surface area contributed by atoms with Gasteiger partial charge in [0, 0.05) is 12.0 Å². The highest BCUT2D eigenvalue weighted by Gasteiger charge is 2.06. The zero-order chi connectivity index (χ0) is 10.6. The number of ketones is 1. The van der Waals surface area contributed by atoms with Gasteiger partial charge < -0.3 is 5.73 Å². The van der Waals surface area contributed by atoms with E-state index in [1.165, 1.54) is 0 Å². The second kappa shape index (κ2) is 4.82. The van der Waals surface area contributed by atoms with Gasteiger partial charge in [-0.25, -0.2) is 0 Å². The van der Waals surface area contributed by atoms with Crippen LogP contribution in [-0.2, 0) is 0 Å². The number of nitrogen functional groups attached to an aromatic ring is 1. The van der Waals surface area contributed by atoms with Gasteiger partial charge in [-0.05, 0) is 24.6 Å². The molecule has 0 heterocycles. The molecular formula is C11H12ClNO. The number of allylic oxidation sites excluding steroid dienone is 1. The summed E-state index contributed by atoms with van der Waals surface area (Å²) in [5, 5.41) is 0.425. The third-order valence-electron chi connectivity index (χ3n) is 1.90. The summed E-state index contributed by atoms with van der Waals surface area (Å²) in [7, 11) is 0. The summed E-state index contributed by atoms with van der Waals surface area (Å²) in [5.41, 5.74) is 6.62. The molecule has 0 saturated carbocycles. The lowest BCUT2D eigenvalue weighted by molar-refractivity contribution is 0.0984. The van der Waals surface area contributed by atoms with Crippen molar-refractivity contribution in [2.45, 2.75) is 12.8 Å². The number of nitrogens with two attached hydrogens (primary N) is 1. The van der Waals surface area contributed by atoms with Crippen molar-refractivity contribution in [3.8, 4) is 0 Å². The Morgan fingerprint density at radius 2 is 2.29 bits per heavy atom. The van der Waals surface area contributed by atoms with Crippen LogP contribution in [0.5, 0.6) is 0 Å². The molecule has 0 fully saturated rings. The van der Waals surface area contributed by atoms with Gasteiger partial charge in [0.15, 0.2) is 5.78 Å². The highest BCUT2D eigenvalue weighted by molar-refractivity contribution is 6.33. The van der Waals surface area contributed by atoms with E-state index in [4.69, 9.17) is 17.3 Å². The molecule has 0 atom stereocenters. The summed E-state index contributed by atoms with van der Waals surface area (Å²) < 4.78 is 0. The second-order valence-electron chi connectivity index (χ2n) is 2.99. The van der Waals surface area contributed by atoms with Crippen LogP contribution >= 0.6 is 11.6 Å². The van der Waals surface area contributed by atoms with Crippen LogP contribution in [0.1, 0.15) is 23.2 Å². The van der Waals surface area contributed by atoms with Gasteiger partial charge in [0.1, 0.15) is 0 Å². The number of benzene rings is 1. The minimum absolute atomic E-state index is 0.0619. The highest BCUT2D eigenvalue weighted by Crippen LogP contribution is 2.20. The molecule has 2 N–H and O–H groups in total. The van der Waals surface area contributed by atoms with Gasteiger partial charge in [0.25, 0.3) is 0 Å². The highest BCUT2D eigenvalue weighted by atomic mass is 35.5. The first-order chi connectivity index (χ1) is 6.65. The quantitative estimate of drug-likeness (QED) is 0.471. The number of anilines is 1. The Bertz CT molecular complexity index is 360. The zero-order valence-corrected chi connectivity index (χ0v) is 8.55. The minimum atomic E-state index is 0.0619. The van der Waals surface area contributed by atoms with E-state index in [1.54, 1.807) is 24.3 Å². The van der Waals surface area contributed by atoms with E-state index in [2.05, 4.69) is 6.58 Å². The molecule has 0 saturated heterocycles. The first kappa shape index (κ1) is 10.8. The molecule has 2 nitrogen and oxygen atoms in total. The van der Waals surface area contributed by atoms with Crippen molar-refractivity contribution in [1.29, 1.82) is 0 Å². The second-order valence-corrected chi connectivity index (χ2v) is 3.39. The van der Waals surface area contributed by atoms with E-state index in [9.17, 15) is 4.79 Å². The smallest absolute Gasteiger partial charge is 0.163 e. The van der Waals surface area contributed by atoms with E-state index in [0.717, 1.165) is 0 Å². The Labute approximate surface area is 88.4 Å². The number of hydrogen-bond donors (Lipinski definition) is 1. The Morgan fingerprint density at radius 1 is 1.57 bits per heavy atom. The number of carbonyl (C=O) groups excluding carboxylic acids is 1. The number of carbonyl (C=O) groups is 1. The fraction of sp³-hybridized carbons (Fsp3) is 0.182. The standard InChI is InChI=1S/C11H12ClNO/c1-2-3-4-11(14)8-5-6-10(13)9(12)7-8/h2,5-7H,1,3-4,13H2. The predicted octanol–water partition coefficient (Wildman–Crippen LogP) is 3.07. The molecule has 0 bridgehead atoms. The number of Topliss-reactive ketones (excluding diaryl/α,β-unsaturated/α-hetero) is 1. The average Bonchev–Trinajstić information content (AvgIpc) is 2.18. The van der Waals surface area contributed by atoms with E-state index >= 15 is 0 Å². The lowest BCUT2D eigenvalue weighted by Gasteiger charge is -2.01. The van der Waals surface area contributed by atoms with Crippen LogP contribution in [-0.4, -0.2) is 5.78 Å². The summed E-state index contributed by atoms with van der Waals surface area (Å²) in [4.78, 5) is 11.5. The van der Waals surface area contributed by atoms with Crippen LogP contribution in [0.25, 0.3) is 0 Å². The minimum Gasteiger partial charge on any atom is -0.398 e. The maximum atomic E-state index is 11.5. The summed E-state index contributed by atoms with van der Waals surface area (Å²) >= 11 is 5.79. The van der Waals surface area contributed by atoms with Crippen LogP contribution in [0.3, 0.4) is 0 Å². The third kappa shape index (κ3) is 2.60. The van der Waals surface area contributed by atoms with Crippen LogP contribution in [0.15, 0.2) is 30.9 Å². The lowest BCUT2D eigenvalue weighted by atomic mass is 10.1. The van der Waals surface area contributed by atoms with Crippen molar-refractivity contribution in [3.05, 3.63) is 41.4 Å². The maximum absolute atomic E-state index is 11.5. The fourth-order valence-corrected chi connectivity index (χ4v) is 1.26. The molecule has 0 amide bonds. The molecule has 0 aromatic heterocycles. The molecule has 0 unspecified atom stereocenters. The average molecular weight is 210 g/mol. The molecule has 0 radical (unpaired) electrons. The van der Waals surface area contributed by atoms with Gasteiger partial charge in [0.2, 0.25) is 0 Å². The normalized spacial score (nSPS) is 9.79. The molecule has 3 heteroatoms. The Balaban J connectivity index is 2.80. The largest absolute Gasteiger partial charge is 0.398 e. The predicted molar refractivity (Wildman–Crippen MR) is 59.6 cm³/mol. The molecule has 0 aliphatic heterocycles. The molecule has 14 heavy (non-hydrogen) atoms. The molecule has 0 aliphatic rings. The molecule has 0 spiro atoms. The van der Waals surface area contributed by atoms with Gasteiger partial charge in [-0.1, -0.05) is 17.7 Å². The summed E-state index contributed by atoms with van der Waals surface area (Å²) in [5.74, 6) is 0.0619. The van der Waals surface area contributed by atoms with Gasteiger partial charge in [0.05, 0.1) is 10.7 Å². The molecule has 1 aromatic rings. The van der Waals surface area contributed by atoms with E-state index in [1.807, 2.05) is 0 Å². The molecule has 1 aromatic carbocycles. The Kier molecular flexibility index (Phi) is 3.72. The van der Waals surface area contributed by atoms with Crippen molar-refractivity contribution in [1.82, 2.24) is 0 Å². The number of halogens is 1. The molecule has 1 rings (SSSR count). The van der Waals surface area contributed by atoms with Crippen LogP contribution in [0.4, 0.5) is 5.69 Å². The Morgan fingerprint density at radius 3 is 2.86 bits per heavy atom. The maximum Gasteiger partial charge on any atom is 0.163 e. The van der Waals surface area contributed by atoms with Crippen LogP contribution in [0, 0.1) is 0 Å². The van der Waals surface area contributed by atoms with Crippen molar-refractivity contribution >= 4 is 23.1 Å². The number of rotatable bonds is 4. The molecule has 0 aliphatic carbocycles. The molecule has 74 valence electrons. The van der Waals surface area contributed by atoms with Crippen LogP contribution < -0.4 is 5.73 Å². The van der Waals surface area contributed by atoms with Gasteiger partial charge in [-0.15, -0.1) is 6.58 Å². The number of hydrogen-bond acceptors (Lipinski definition) is 2.